The second kappa shape index (κ2) is 8.07. The Bertz CT molecular complexity index is 966. The molecule has 1 N–H and O–H groups in total. The van der Waals surface area contributed by atoms with E-state index in [1.807, 2.05) is 0 Å². The Morgan fingerprint density at radius 1 is 0.962 bits per heavy atom. The van der Waals surface area contributed by atoms with Crippen LogP contribution in [0.1, 0.15) is 15.9 Å². The summed E-state index contributed by atoms with van der Waals surface area (Å²) in [6, 6.07) is 9.80. The molecule has 1 aromatic heterocycles. The van der Waals surface area contributed by atoms with Crippen LogP contribution in [0.3, 0.4) is 0 Å². The SMILES string of the molecule is O=C(Nc1nn(Cc2c(Cl)cccc2Cl)cc1Cl)c1ccc(Cl)cc1Cl. The van der Waals surface area contributed by atoms with Gasteiger partial charge in [0, 0.05) is 26.8 Å². The lowest BCUT2D eigenvalue weighted by atomic mass is 10.2. The van der Waals surface area contributed by atoms with E-state index in [-0.39, 0.29) is 21.4 Å². The van der Waals surface area contributed by atoms with Gasteiger partial charge in [-0.3, -0.25) is 9.48 Å². The van der Waals surface area contributed by atoms with Gasteiger partial charge in [-0.25, -0.2) is 0 Å². The molecule has 0 bridgehead atoms. The Morgan fingerprint density at radius 2 is 1.65 bits per heavy atom. The van der Waals surface area contributed by atoms with Gasteiger partial charge in [0.05, 0.1) is 17.1 Å². The van der Waals surface area contributed by atoms with Crippen molar-refractivity contribution >= 4 is 69.7 Å². The maximum Gasteiger partial charge on any atom is 0.258 e. The standard InChI is InChI=1S/C17H10Cl5N3O/c18-9-4-5-10(14(21)6-9)17(26)23-16-15(22)8-25(24-16)7-11-12(19)2-1-3-13(11)20/h1-6,8H,7H2,(H,23,24,26). The number of anilines is 1. The first-order chi connectivity index (χ1) is 12.3. The van der Waals surface area contributed by atoms with E-state index in [4.69, 9.17) is 58.0 Å². The summed E-state index contributed by atoms with van der Waals surface area (Å²) in [6.07, 6.45) is 1.57. The van der Waals surface area contributed by atoms with Gasteiger partial charge in [-0.15, -0.1) is 0 Å². The van der Waals surface area contributed by atoms with Crippen LogP contribution in [0.2, 0.25) is 25.1 Å². The van der Waals surface area contributed by atoms with Crippen LogP contribution < -0.4 is 5.32 Å². The summed E-state index contributed by atoms with van der Waals surface area (Å²) in [6.45, 7) is 0.301. The second-order valence-electron chi connectivity index (χ2n) is 5.30. The maximum atomic E-state index is 12.4. The molecule has 3 aromatic rings. The zero-order valence-electron chi connectivity index (χ0n) is 12.9. The van der Waals surface area contributed by atoms with Crippen LogP contribution in [0.5, 0.6) is 0 Å². The van der Waals surface area contributed by atoms with Gasteiger partial charge < -0.3 is 5.32 Å². The summed E-state index contributed by atoms with van der Waals surface area (Å²) in [5, 5.41) is 8.86. The molecule has 134 valence electrons. The van der Waals surface area contributed by atoms with Crippen LogP contribution in [0.15, 0.2) is 42.6 Å². The molecular formula is C17H10Cl5N3O. The molecule has 4 nitrogen and oxygen atoms in total. The Hall–Kier alpha value is -1.43. The first-order valence-corrected chi connectivity index (χ1v) is 9.16. The maximum absolute atomic E-state index is 12.4. The largest absolute Gasteiger partial charge is 0.304 e. The van der Waals surface area contributed by atoms with Crippen molar-refractivity contribution in [2.24, 2.45) is 0 Å². The van der Waals surface area contributed by atoms with Crippen molar-refractivity contribution < 1.29 is 4.79 Å². The molecular weight excluding hydrogens is 439 g/mol. The number of nitrogens with one attached hydrogen (secondary N) is 1. The molecule has 3 rings (SSSR count). The topological polar surface area (TPSA) is 46.9 Å². The van der Waals surface area contributed by atoms with E-state index in [0.717, 1.165) is 0 Å². The van der Waals surface area contributed by atoms with Gasteiger partial charge in [0.15, 0.2) is 5.82 Å². The monoisotopic (exact) mass is 447 g/mol. The zero-order valence-corrected chi connectivity index (χ0v) is 16.7. The molecule has 0 aliphatic heterocycles. The summed E-state index contributed by atoms with van der Waals surface area (Å²) in [7, 11) is 0. The molecule has 0 atom stereocenters. The Kier molecular flexibility index (Phi) is 6.00. The van der Waals surface area contributed by atoms with Crippen LogP contribution in [-0.2, 0) is 6.54 Å². The summed E-state index contributed by atoms with van der Waals surface area (Å²) >= 11 is 30.4. The highest BCUT2D eigenvalue weighted by Crippen LogP contribution is 2.28. The van der Waals surface area contributed by atoms with Gasteiger partial charge in [0.25, 0.3) is 5.91 Å². The van der Waals surface area contributed by atoms with Gasteiger partial charge in [0.2, 0.25) is 0 Å². The van der Waals surface area contributed by atoms with Crippen LogP contribution in [-0.4, -0.2) is 15.7 Å². The van der Waals surface area contributed by atoms with E-state index >= 15 is 0 Å². The predicted molar refractivity (Wildman–Crippen MR) is 107 cm³/mol. The van der Waals surface area contributed by atoms with Crippen molar-refractivity contribution in [1.29, 1.82) is 0 Å². The lowest BCUT2D eigenvalue weighted by Gasteiger charge is -2.07. The molecule has 0 radical (unpaired) electrons. The number of hydrogen-bond acceptors (Lipinski definition) is 2. The lowest BCUT2D eigenvalue weighted by molar-refractivity contribution is 0.102. The first kappa shape index (κ1) is 19.3. The van der Waals surface area contributed by atoms with E-state index in [1.165, 1.54) is 16.8 Å². The minimum absolute atomic E-state index is 0.200. The smallest absolute Gasteiger partial charge is 0.258 e. The molecule has 9 heteroatoms. The Balaban J connectivity index is 1.81. The van der Waals surface area contributed by atoms with Crippen molar-refractivity contribution in [1.82, 2.24) is 9.78 Å². The van der Waals surface area contributed by atoms with Gasteiger partial charge in [-0.1, -0.05) is 64.1 Å². The number of rotatable bonds is 4. The molecule has 0 aliphatic carbocycles. The molecule has 1 heterocycles. The minimum atomic E-state index is -0.449. The molecule has 0 fully saturated rings. The van der Waals surface area contributed by atoms with Gasteiger partial charge in [-0.05, 0) is 30.3 Å². The van der Waals surface area contributed by atoms with Crippen LogP contribution >= 0.6 is 58.0 Å². The van der Waals surface area contributed by atoms with Crippen molar-refractivity contribution in [2.75, 3.05) is 5.32 Å². The Labute approximate surface area is 174 Å². The van der Waals surface area contributed by atoms with E-state index in [2.05, 4.69) is 10.4 Å². The first-order valence-electron chi connectivity index (χ1n) is 7.27. The molecule has 26 heavy (non-hydrogen) atoms. The molecule has 0 saturated carbocycles. The molecule has 0 aliphatic rings. The van der Waals surface area contributed by atoms with Crippen LogP contribution in [0.4, 0.5) is 5.82 Å². The van der Waals surface area contributed by atoms with Gasteiger partial charge >= 0.3 is 0 Å². The summed E-state index contributed by atoms with van der Waals surface area (Å²) in [4.78, 5) is 12.4. The highest BCUT2D eigenvalue weighted by atomic mass is 35.5. The third-order valence-electron chi connectivity index (χ3n) is 3.51. The highest BCUT2D eigenvalue weighted by Gasteiger charge is 2.16. The number of carbonyl (C=O) groups excluding carboxylic acids is 1. The summed E-state index contributed by atoms with van der Waals surface area (Å²) < 4.78 is 1.54. The Morgan fingerprint density at radius 3 is 2.31 bits per heavy atom. The third kappa shape index (κ3) is 4.27. The summed E-state index contributed by atoms with van der Waals surface area (Å²) in [5.41, 5.74) is 0.962. The number of amides is 1. The predicted octanol–water partition coefficient (Wildman–Crippen LogP) is 6.45. The van der Waals surface area contributed by atoms with Crippen molar-refractivity contribution in [3.05, 3.63) is 78.8 Å². The van der Waals surface area contributed by atoms with Crippen molar-refractivity contribution in [2.45, 2.75) is 6.54 Å². The van der Waals surface area contributed by atoms with Crippen LogP contribution in [0, 0.1) is 0 Å². The van der Waals surface area contributed by atoms with E-state index in [1.54, 1.807) is 30.5 Å². The fraction of sp³-hybridized carbons (Fsp3) is 0.0588. The molecule has 2 aromatic carbocycles. The quantitative estimate of drug-likeness (QED) is 0.497. The van der Waals surface area contributed by atoms with E-state index < -0.39 is 5.91 Å². The molecule has 0 spiro atoms. The average molecular weight is 450 g/mol. The minimum Gasteiger partial charge on any atom is -0.304 e. The van der Waals surface area contributed by atoms with Crippen molar-refractivity contribution in [3.63, 3.8) is 0 Å². The van der Waals surface area contributed by atoms with E-state index in [9.17, 15) is 4.79 Å². The van der Waals surface area contributed by atoms with Crippen molar-refractivity contribution in [3.8, 4) is 0 Å². The third-order valence-corrected chi connectivity index (χ3v) is 5.04. The molecule has 0 saturated heterocycles. The highest BCUT2D eigenvalue weighted by molar-refractivity contribution is 6.38. The number of halogens is 5. The lowest BCUT2D eigenvalue weighted by Crippen LogP contribution is -2.13. The normalized spacial score (nSPS) is 10.8. The fourth-order valence-electron chi connectivity index (χ4n) is 2.26. The van der Waals surface area contributed by atoms with Gasteiger partial charge in [0.1, 0.15) is 5.02 Å². The van der Waals surface area contributed by atoms with E-state index in [0.29, 0.717) is 27.2 Å². The fourth-order valence-corrected chi connectivity index (χ4v) is 3.47. The molecule has 1 amide bonds. The zero-order chi connectivity index (χ0) is 18.8. The number of nitrogens with zero attached hydrogens (tertiary/aromatic N) is 2. The molecule has 0 unspecified atom stereocenters. The number of benzene rings is 2. The number of carbonyl (C=O) groups is 1. The number of hydrogen-bond donors (Lipinski definition) is 1. The number of aromatic nitrogens is 2. The second-order valence-corrected chi connectivity index (χ2v) is 7.37. The summed E-state index contributed by atoms with van der Waals surface area (Å²) in [5.74, 6) is -0.250. The van der Waals surface area contributed by atoms with Gasteiger partial charge in [-0.2, -0.15) is 5.10 Å². The average Bonchev–Trinajstić information content (AvgIpc) is 2.90. The van der Waals surface area contributed by atoms with Crippen LogP contribution in [0.25, 0.3) is 0 Å².